The van der Waals surface area contributed by atoms with Crippen molar-refractivity contribution >= 4 is 23.2 Å². The number of carbonyl (C=O) groups is 2. The number of rotatable bonds is 4. The fraction of sp³-hybridized carbons (Fsp3) is 0.688. The smallest absolute Gasteiger partial charge is 0.306 e. The van der Waals surface area contributed by atoms with Gasteiger partial charge in [0.15, 0.2) is 0 Å². The summed E-state index contributed by atoms with van der Waals surface area (Å²) >= 11 is 1.55. The Morgan fingerprint density at radius 2 is 2.05 bits per heavy atom. The van der Waals surface area contributed by atoms with Gasteiger partial charge >= 0.3 is 5.97 Å². The lowest BCUT2D eigenvalue weighted by molar-refractivity contribution is -0.144. The maximum atomic E-state index is 12.2. The van der Waals surface area contributed by atoms with Gasteiger partial charge < -0.3 is 10.4 Å². The van der Waals surface area contributed by atoms with E-state index < -0.39 is 5.97 Å². The van der Waals surface area contributed by atoms with E-state index >= 15 is 0 Å². The number of carboxylic acids is 1. The highest BCUT2D eigenvalue weighted by Gasteiger charge is 2.31. The van der Waals surface area contributed by atoms with Gasteiger partial charge in [0.25, 0.3) is 0 Å². The molecule has 122 valence electrons. The number of carboxylic acid groups (broad SMARTS) is 1. The summed E-state index contributed by atoms with van der Waals surface area (Å²) in [6, 6.07) is 0. The minimum absolute atomic E-state index is 0.0108. The van der Waals surface area contributed by atoms with Gasteiger partial charge in [-0.05, 0) is 19.3 Å². The number of nitrogens with one attached hydrogen (secondary N) is 1. The van der Waals surface area contributed by atoms with Crippen molar-refractivity contribution in [2.45, 2.75) is 58.4 Å². The number of hydrogen-bond acceptors (Lipinski definition) is 4. The zero-order chi connectivity index (χ0) is 16.3. The summed E-state index contributed by atoms with van der Waals surface area (Å²) < 4.78 is 0. The van der Waals surface area contributed by atoms with E-state index in [9.17, 15) is 9.59 Å². The van der Waals surface area contributed by atoms with Crippen molar-refractivity contribution in [3.05, 3.63) is 16.1 Å². The van der Waals surface area contributed by atoms with Crippen molar-refractivity contribution in [1.82, 2.24) is 10.3 Å². The Hall–Kier alpha value is -1.43. The fourth-order valence-electron chi connectivity index (χ4n) is 2.70. The van der Waals surface area contributed by atoms with E-state index in [0.717, 1.165) is 23.5 Å². The molecule has 1 saturated carbocycles. The zero-order valence-electron chi connectivity index (χ0n) is 13.4. The van der Waals surface area contributed by atoms with Crippen LogP contribution >= 0.6 is 11.3 Å². The molecular weight excluding hydrogens is 300 g/mol. The van der Waals surface area contributed by atoms with Crippen LogP contribution in [0.2, 0.25) is 0 Å². The maximum absolute atomic E-state index is 12.2. The summed E-state index contributed by atoms with van der Waals surface area (Å²) in [5.41, 5.74) is 1.04. The van der Waals surface area contributed by atoms with Crippen molar-refractivity contribution in [3.63, 3.8) is 0 Å². The molecule has 2 rings (SSSR count). The normalized spacial score (nSPS) is 22.3. The van der Waals surface area contributed by atoms with Crippen LogP contribution in [0.3, 0.4) is 0 Å². The van der Waals surface area contributed by atoms with Crippen LogP contribution in [-0.2, 0) is 21.5 Å². The largest absolute Gasteiger partial charge is 0.481 e. The van der Waals surface area contributed by atoms with Crippen LogP contribution in [0.4, 0.5) is 0 Å². The van der Waals surface area contributed by atoms with E-state index in [1.807, 2.05) is 5.38 Å². The van der Waals surface area contributed by atoms with Gasteiger partial charge in [0.2, 0.25) is 5.91 Å². The Morgan fingerprint density at radius 1 is 1.36 bits per heavy atom. The minimum atomic E-state index is -0.785. The molecule has 2 atom stereocenters. The molecule has 1 amide bonds. The molecule has 1 aliphatic carbocycles. The van der Waals surface area contributed by atoms with Gasteiger partial charge in [0, 0.05) is 16.7 Å². The molecule has 0 saturated heterocycles. The van der Waals surface area contributed by atoms with Crippen molar-refractivity contribution in [2.24, 2.45) is 11.8 Å². The lowest BCUT2D eigenvalue weighted by Gasteiger charge is -2.25. The summed E-state index contributed by atoms with van der Waals surface area (Å²) in [5, 5.41) is 14.9. The molecule has 1 aliphatic rings. The van der Waals surface area contributed by atoms with E-state index in [1.165, 1.54) is 0 Å². The van der Waals surface area contributed by atoms with E-state index in [1.54, 1.807) is 11.3 Å². The molecule has 5 nitrogen and oxygen atoms in total. The lowest BCUT2D eigenvalue weighted by Crippen LogP contribution is -2.35. The van der Waals surface area contributed by atoms with Gasteiger partial charge in [-0.3, -0.25) is 9.59 Å². The maximum Gasteiger partial charge on any atom is 0.306 e. The summed E-state index contributed by atoms with van der Waals surface area (Å²) in [6.07, 6.45) is 2.72. The fourth-order valence-corrected chi connectivity index (χ4v) is 3.66. The standard InChI is InChI=1S/C16H24N2O3S/c1-16(2,3)12-9-22-13(18-12)8-17-14(19)10-5-4-6-11(7-10)15(20)21/h9-11H,4-8H2,1-3H3,(H,17,19)(H,20,21). The molecule has 0 bridgehead atoms. The third-order valence-electron chi connectivity index (χ3n) is 4.13. The highest BCUT2D eigenvalue weighted by molar-refractivity contribution is 7.09. The van der Waals surface area contributed by atoms with Gasteiger partial charge in [-0.2, -0.15) is 0 Å². The quantitative estimate of drug-likeness (QED) is 0.892. The number of carbonyl (C=O) groups excluding carboxylic acids is 1. The van der Waals surface area contributed by atoms with Crippen molar-refractivity contribution in [2.75, 3.05) is 0 Å². The Kier molecular flexibility index (Phi) is 5.21. The second-order valence-electron chi connectivity index (χ2n) is 6.99. The topological polar surface area (TPSA) is 79.3 Å². The average Bonchev–Trinajstić information content (AvgIpc) is 2.94. The summed E-state index contributed by atoms with van der Waals surface area (Å²) in [7, 11) is 0. The summed E-state index contributed by atoms with van der Waals surface area (Å²) in [5.74, 6) is -1.39. The predicted octanol–water partition coefficient (Wildman–Crippen LogP) is 2.95. The molecule has 1 aromatic heterocycles. The lowest BCUT2D eigenvalue weighted by atomic mass is 9.81. The summed E-state index contributed by atoms with van der Waals surface area (Å²) in [4.78, 5) is 27.8. The molecule has 0 spiro atoms. The highest BCUT2D eigenvalue weighted by Crippen LogP contribution is 2.29. The molecule has 0 aromatic carbocycles. The van der Waals surface area contributed by atoms with Crippen LogP contribution in [-0.4, -0.2) is 22.0 Å². The van der Waals surface area contributed by atoms with Gasteiger partial charge in [0.1, 0.15) is 5.01 Å². The van der Waals surface area contributed by atoms with Crippen molar-refractivity contribution < 1.29 is 14.7 Å². The number of aliphatic carboxylic acids is 1. The SMILES string of the molecule is CC(C)(C)c1csc(CNC(=O)C2CCCC(C(=O)O)C2)n1. The van der Waals surface area contributed by atoms with Crippen LogP contribution in [0.15, 0.2) is 5.38 Å². The summed E-state index contributed by atoms with van der Waals surface area (Å²) in [6.45, 7) is 6.75. The minimum Gasteiger partial charge on any atom is -0.481 e. The first kappa shape index (κ1) is 16.9. The van der Waals surface area contributed by atoms with E-state index in [4.69, 9.17) is 5.11 Å². The highest BCUT2D eigenvalue weighted by atomic mass is 32.1. The van der Waals surface area contributed by atoms with E-state index in [-0.39, 0.29) is 23.2 Å². The number of aromatic nitrogens is 1. The second-order valence-corrected chi connectivity index (χ2v) is 7.94. The molecule has 2 N–H and O–H groups in total. The molecule has 1 aromatic rings. The molecule has 0 radical (unpaired) electrons. The third-order valence-corrected chi connectivity index (χ3v) is 4.98. The van der Waals surface area contributed by atoms with Crippen molar-refractivity contribution in [1.29, 1.82) is 0 Å². The molecule has 1 heterocycles. The van der Waals surface area contributed by atoms with E-state index in [2.05, 4.69) is 31.1 Å². The van der Waals surface area contributed by atoms with Gasteiger partial charge in [-0.15, -0.1) is 11.3 Å². The van der Waals surface area contributed by atoms with Crippen LogP contribution < -0.4 is 5.32 Å². The van der Waals surface area contributed by atoms with Crippen LogP contribution in [0.5, 0.6) is 0 Å². The zero-order valence-corrected chi connectivity index (χ0v) is 14.2. The number of hydrogen-bond donors (Lipinski definition) is 2. The number of amides is 1. The predicted molar refractivity (Wildman–Crippen MR) is 85.7 cm³/mol. The van der Waals surface area contributed by atoms with Crippen LogP contribution in [0.25, 0.3) is 0 Å². The molecule has 22 heavy (non-hydrogen) atoms. The van der Waals surface area contributed by atoms with E-state index in [0.29, 0.717) is 19.4 Å². The first-order chi connectivity index (χ1) is 10.3. The Morgan fingerprint density at radius 3 is 2.64 bits per heavy atom. The van der Waals surface area contributed by atoms with Crippen molar-refractivity contribution in [3.8, 4) is 0 Å². The monoisotopic (exact) mass is 324 g/mol. The first-order valence-corrected chi connectivity index (χ1v) is 8.60. The number of thiazole rings is 1. The molecule has 2 unspecified atom stereocenters. The van der Waals surface area contributed by atoms with Gasteiger partial charge in [0.05, 0.1) is 18.2 Å². The second kappa shape index (κ2) is 6.77. The third kappa shape index (κ3) is 4.29. The Labute approximate surface area is 135 Å². The Bertz CT molecular complexity index is 548. The first-order valence-electron chi connectivity index (χ1n) is 7.73. The van der Waals surface area contributed by atoms with Gasteiger partial charge in [-0.25, -0.2) is 4.98 Å². The average molecular weight is 324 g/mol. The molecule has 6 heteroatoms. The Balaban J connectivity index is 1.87. The van der Waals surface area contributed by atoms with Gasteiger partial charge in [-0.1, -0.05) is 27.2 Å². The molecule has 0 aliphatic heterocycles. The van der Waals surface area contributed by atoms with Crippen LogP contribution in [0, 0.1) is 11.8 Å². The molecular formula is C16H24N2O3S. The number of nitrogens with zero attached hydrogens (tertiary/aromatic N) is 1. The molecule has 1 fully saturated rings. The van der Waals surface area contributed by atoms with Crippen LogP contribution in [0.1, 0.15) is 57.2 Å².